The van der Waals surface area contributed by atoms with Crippen molar-refractivity contribution in [2.45, 2.75) is 45.6 Å². The Bertz CT molecular complexity index is 765. The molecule has 0 aliphatic heterocycles. The van der Waals surface area contributed by atoms with Crippen LogP contribution in [0.4, 0.5) is 0 Å². The summed E-state index contributed by atoms with van der Waals surface area (Å²) in [6.45, 7) is 6.47. The molecule has 1 aromatic carbocycles. The molecule has 0 spiro atoms. The van der Waals surface area contributed by atoms with Crippen LogP contribution < -0.4 is 4.74 Å². The zero-order chi connectivity index (χ0) is 18.0. The van der Waals surface area contributed by atoms with E-state index in [0.717, 1.165) is 61.3 Å². The molecular formula is C20H28N2O2S. The van der Waals surface area contributed by atoms with Gasteiger partial charge in [0, 0.05) is 36.5 Å². The highest BCUT2D eigenvalue weighted by molar-refractivity contribution is 7.80. The van der Waals surface area contributed by atoms with Crippen LogP contribution in [0.25, 0.3) is 10.9 Å². The second-order valence-electron chi connectivity index (χ2n) is 6.55. The third kappa shape index (κ3) is 3.03. The van der Waals surface area contributed by atoms with Gasteiger partial charge in [0.2, 0.25) is 5.91 Å². The molecular weight excluding hydrogens is 332 g/mol. The van der Waals surface area contributed by atoms with E-state index in [-0.39, 0.29) is 11.8 Å². The summed E-state index contributed by atoms with van der Waals surface area (Å²) in [6.07, 6.45) is 2.99. The molecule has 1 heterocycles. The van der Waals surface area contributed by atoms with Crippen LogP contribution in [0.1, 0.15) is 43.9 Å². The summed E-state index contributed by atoms with van der Waals surface area (Å²) in [5.74, 6) is 1.83. The molecule has 0 unspecified atom stereocenters. The number of fused-ring (bicyclic) bond motifs is 3. The van der Waals surface area contributed by atoms with Crippen LogP contribution >= 0.6 is 12.6 Å². The number of carbonyl (C=O) groups is 1. The second-order valence-corrected chi connectivity index (χ2v) is 6.99. The van der Waals surface area contributed by atoms with Gasteiger partial charge in [0.1, 0.15) is 5.75 Å². The number of rotatable bonds is 6. The zero-order valence-corrected chi connectivity index (χ0v) is 16.3. The molecule has 1 amide bonds. The Kier molecular flexibility index (Phi) is 5.62. The Morgan fingerprint density at radius 3 is 2.76 bits per heavy atom. The molecule has 0 radical (unpaired) electrons. The number of benzene rings is 1. The molecule has 1 aliphatic carbocycles. The van der Waals surface area contributed by atoms with Crippen LogP contribution in [0.15, 0.2) is 18.2 Å². The first-order chi connectivity index (χ1) is 12.2. The van der Waals surface area contributed by atoms with E-state index in [2.05, 4.69) is 37.1 Å². The Labute approximate surface area is 155 Å². The topological polar surface area (TPSA) is 34.5 Å². The first-order valence-electron chi connectivity index (χ1n) is 9.25. The number of nitrogens with zero attached hydrogens (tertiary/aromatic N) is 2. The predicted octanol–water partition coefficient (Wildman–Crippen LogP) is 3.87. The number of hydrogen-bond acceptors (Lipinski definition) is 3. The number of hydrogen-bond donors (Lipinski definition) is 1. The highest BCUT2D eigenvalue weighted by Crippen LogP contribution is 2.43. The minimum atomic E-state index is -0.0661. The number of ether oxygens (including phenoxy) is 1. The normalized spacial score (nSPS) is 16.7. The van der Waals surface area contributed by atoms with Crippen molar-refractivity contribution in [3.8, 4) is 5.75 Å². The van der Waals surface area contributed by atoms with Gasteiger partial charge in [-0.3, -0.25) is 4.79 Å². The van der Waals surface area contributed by atoms with Crippen LogP contribution in [0.2, 0.25) is 0 Å². The molecule has 0 N–H and O–H groups in total. The van der Waals surface area contributed by atoms with Crippen molar-refractivity contribution in [1.82, 2.24) is 9.47 Å². The quantitative estimate of drug-likeness (QED) is 0.794. The van der Waals surface area contributed by atoms with E-state index in [1.807, 2.05) is 17.0 Å². The molecule has 25 heavy (non-hydrogen) atoms. The van der Waals surface area contributed by atoms with Gasteiger partial charge in [-0.15, -0.1) is 0 Å². The van der Waals surface area contributed by atoms with Gasteiger partial charge in [0.05, 0.1) is 18.5 Å². The fourth-order valence-corrected chi connectivity index (χ4v) is 4.44. The van der Waals surface area contributed by atoms with Gasteiger partial charge in [-0.1, -0.05) is 6.07 Å². The molecule has 3 rings (SSSR count). The molecule has 0 fully saturated rings. The molecule has 1 aromatic heterocycles. The standard InChI is InChI=1S/C20H28N2O2S/c1-4-21(5-2)20(23)14-8-6-9-15-18(14)19-16(22(15)12-13-25)10-7-11-17(19)24-3/h7,10-11,14,25H,4-6,8-9,12-13H2,1-3H3/t14-/m0/s1. The summed E-state index contributed by atoms with van der Waals surface area (Å²) in [4.78, 5) is 15.1. The fourth-order valence-electron chi connectivity index (χ4n) is 4.24. The van der Waals surface area contributed by atoms with E-state index in [1.165, 1.54) is 11.3 Å². The van der Waals surface area contributed by atoms with Crippen LogP contribution in [-0.4, -0.2) is 41.3 Å². The molecule has 0 bridgehead atoms. The molecule has 5 heteroatoms. The molecule has 2 aromatic rings. The smallest absolute Gasteiger partial charge is 0.230 e. The fraction of sp³-hybridized carbons (Fsp3) is 0.550. The Morgan fingerprint density at radius 2 is 2.12 bits per heavy atom. The summed E-state index contributed by atoms with van der Waals surface area (Å²) in [5, 5.41) is 1.12. The van der Waals surface area contributed by atoms with E-state index >= 15 is 0 Å². The monoisotopic (exact) mass is 360 g/mol. The number of likely N-dealkylation sites (N-methyl/N-ethyl adjacent to an activating group) is 1. The molecule has 0 saturated carbocycles. The number of aromatic nitrogens is 1. The number of carbonyl (C=O) groups excluding carboxylic acids is 1. The molecule has 1 atom stereocenters. The minimum absolute atomic E-state index is 0.0661. The highest BCUT2D eigenvalue weighted by atomic mass is 32.1. The Hall–Kier alpha value is -1.62. The maximum atomic E-state index is 13.2. The lowest BCUT2D eigenvalue weighted by atomic mass is 9.84. The van der Waals surface area contributed by atoms with Crippen LogP contribution in [0.3, 0.4) is 0 Å². The Balaban J connectivity index is 2.23. The van der Waals surface area contributed by atoms with Crippen LogP contribution in [0, 0.1) is 0 Å². The summed E-state index contributed by atoms with van der Waals surface area (Å²) >= 11 is 4.45. The average Bonchev–Trinajstić information content (AvgIpc) is 2.97. The third-order valence-corrected chi connectivity index (χ3v) is 5.57. The van der Waals surface area contributed by atoms with Crippen molar-refractivity contribution in [2.24, 2.45) is 0 Å². The van der Waals surface area contributed by atoms with Gasteiger partial charge in [-0.05, 0) is 50.8 Å². The maximum absolute atomic E-state index is 13.2. The van der Waals surface area contributed by atoms with Gasteiger partial charge < -0.3 is 14.2 Å². The molecule has 1 aliphatic rings. The summed E-state index contributed by atoms with van der Waals surface area (Å²) < 4.78 is 8.02. The van der Waals surface area contributed by atoms with E-state index < -0.39 is 0 Å². The predicted molar refractivity (Wildman–Crippen MR) is 106 cm³/mol. The number of aryl methyl sites for hydroxylation is 1. The van der Waals surface area contributed by atoms with E-state index in [4.69, 9.17) is 4.74 Å². The van der Waals surface area contributed by atoms with Crippen molar-refractivity contribution < 1.29 is 9.53 Å². The van der Waals surface area contributed by atoms with E-state index in [0.29, 0.717) is 0 Å². The van der Waals surface area contributed by atoms with Crippen molar-refractivity contribution in [1.29, 1.82) is 0 Å². The van der Waals surface area contributed by atoms with E-state index in [9.17, 15) is 4.79 Å². The van der Waals surface area contributed by atoms with Crippen LogP contribution in [-0.2, 0) is 17.8 Å². The van der Waals surface area contributed by atoms with Gasteiger partial charge in [-0.2, -0.15) is 12.6 Å². The lowest BCUT2D eigenvalue weighted by Crippen LogP contribution is -2.36. The van der Waals surface area contributed by atoms with Crippen molar-refractivity contribution >= 4 is 29.4 Å². The summed E-state index contributed by atoms with van der Waals surface area (Å²) in [5.41, 5.74) is 3.65. The zero-order valence-electron chi connectivity index (χ0n) is 15.4. The van der Waals surface area contributed by atoms with Gasteiger partial charge >= 0.3 is 0 Å². The largest absolute Gasteiger partial charge is 0.496 e. The third-order valence-electron chi connectivity index (χ3n) is 5.37. The lowest BCUT2D eigenvalue weighted by molar-refractivity contribution is -0.132. The van der Waals surface area contributed by atoms with Crippen molar-refractivity contribution in [3.63, 3.8) is 0 Å². The van der Waals surface area contributed by atoms with Crippen LogP contribution in [0.5, 0.6) is 5.75 Å². The average molecular weight is 361 g/mol. The second kappa shape index (κ2) is 7.73. The molecule has 136 valence electrons. The first-order valence-corrected chi connectivity index (χ1v) is 9.88. The Morgan fingerprint density at radius 1 is 1.36 bits per heavy atom. The minimum Gasteiger partial charge on any atom is -0.496 e. The number of thiol groups is 1. The summed E-state index contributed by atoms with van der Waals surface area (Å²) in [6, 6.07) is 6.17. The SMILES string of the molecule is CCN(CC)C(=O)[C@H]1CCCc2c1c1c(OC)cccc1n2CCS. The van der Waals surface area contributed by atoms with E-state index in [1.54, 1.807) is 7.11 Å². The first kappa shape index (κ1) is 18.2. The number of amides is 1. The van der Waals surface area contributed by atoms with Gasteiger partial charge in [0.25, 0.3) is 0 Å². The summed E-state index contributed by atoms with van der Waals surface area (Å²) in [7, 11) is 1.71. The van der Waals surface area contributed by atoms with Crippen molar-refractivity contribution in [3.05, 3.63) is 29.5 Å². The van der Waals surface area contributed by atoms with Crippen molar-refractivity contribution in [2.75, 3.05) is 26.0 Å². The maximum Gasteiger partial charge on any atom is 0.230 e. The number of methoxy groups -OCH3 is 1. The van der Waals surface area contributed by atoms with Gasteiger partial charge in [-0.25, -0.2) is 0 Å². The highest BCUT2D eigenvalue weighted by Gasteiger charge is 2.34. The molecule has 4 nitrogen and oxygen atoms in total. The van der Waals surface area contributed by atoms with Gasteiger partial charge in [0.15, 0.2) is 0 Å². The molecule has 0 saturated heterocycles. The lowest BCUT2D eigenvalue weighted by Gasteiger charge is -2.29.